The molecule has 0 radical (unpaired) electrons. The summed E-state index contributed by atoms with van der Waals surface area (Å²) < 4.78 is 3.97. The Morgan fingerprint density at radius 3 is 1.84 bits per heavy atom. The molecule has 0 aliphatic carbocycles. The highest BCUT2D eigenvalue weighted by molar-refractivity contribution is 7.22. The summed E-state index contributed by atoms with van der Waals surface area (Å²) in [6.07, 6.45) is 1.90. The lowest BCUT2D eigenvalue weighted by Crippen LogP contribution is -2.20. The molecule has 176 valence electrons. The van der Waals surface area contributed by atoms with Crippen molar-refractivity contribution in [2.45, 2.75) is 0 Å². The van der Waals surface area contributed by atoms with Gasteiger partial charge >= 0.3 is 0 Å². The van der Waals surface area contributed by atoms with E-state index in [4.69, 9.17) is 9.97 Å². The SMILES string of the molecule is O=c1c(-c2ccccc2-c2nc3ccccc3s2)cc(-c2nc3ccccc3s2)cn1-c1ccccc1. The number of para-hydroxylation sites is 3. The molecule has 3 aromatic heterocycles. The molecule has 0 saturated carbocycles. The fraction of sp³-hybridized carbons (Fsp3) is 0. The highest BCUT2D eigenvalue weighted by Crippen LogP contribution is 2.37. The lowest BCUT2D eigenvalue weighted by Gasteiger charge is -2.13. The number of hydrogen-bond acceptors (Lipinski definition) is 5. The Morgan fingerprint density at radius 2 is 1.14 bits per heavy atom. The van der Waals surface area contributed by atoms with Crippen LogP contribution in [0.1, 0.15) is 0 Å². The quantitative estimate of drug-likeness (QED) is 0.239. The number of thiazole rings is 2. The van der Waals surface area contributed by atoms with Crippen LogP contribution in [0.4, 0.5) is 0 Å². The minimum Gasteiger partial charge on any atom is -0.283 e. The molecule has 0 amide bonds. The first-order valence-electron chi connectivity index (χ1n) is 11.9. The normalized spacial score (nSPS) is 11.4. The van der Waals surface area contributed by atoms with Crippen molar-refractivity contribution in [2.75, 3.05) is 0 Å². The molecule has 4 aromatic carbocycles. The molecule has 37 heavy (non-hydrogen) atoms. The predicted octanol–water partition coefficient (Wildman–Crippen LogP) is 8.06. The number of pyridine rings is 1. The molecule has 0 fully saturated rings. The maximum atomic E-state index is 14.0. The molecule has 0 bridgehead atoms. The molecule has 0 saturated heterocycles. The van der Waals surface area contributed by atoms with Gasteiger partial charge in [0.2, 0.25) is 0 Å². The van der Waals surface area contributed by atoms with E-state index in [2.05, 4.69) is 12.1 Å². The van der Waals surface area contributed by atoms with Crippen LogP contribution in [0, 0.1) is 0 Å². The van der Waals surface area contributed by atoms with Crippen molar-refractivity contribution in [2.24, 2.45) is 0 Å². The summed E-state index contributed by atoms with van der Waals surface area (Å²) in [7, 11) is 0. The van der Waals surface area contributed by atoms with E-state index in [1.165, 1.54) is 0 Å². The Morgan fingerprint density at radius 1 is 0.568 bits per heavy atom. The van der Waals surface area contributed by atoms with E-state index in [9.17, 15) is 4.79 Å². The zero-order chi connectivity index (χ0) is 24.8. The Labute approximate surface area is 220 Å². The van der Waals surface area contributed by atoms with Crippen LogP contribution in [0.15, 0.2) is 120 Å². The third kappa shape index (κ3) is 3.87. The maximum absolute atomic E-state index is 14.0. The summed E-state index contributed by atoms with van der Waals surface area (Å²) >= 11 is 3.27. The van der Waals surface area contributed by atoms with Gasteiger partial charge in [0.1, 0.15) is 10.0 Å². The molecule has 0 spiro atoms. The van der Waals surface area contributed by atoms with Gasteiger partial charge in [0.15, 0.2) is 0 Å². The Hall–Kier alpha value is -4.39. The number of fused-ring (bicyclic) bond motifs is 2. The van der Waals surface area contributed by atoms with Crippen molar-refractivity contribution < 1.29 is 0 Å². The average molecular weight is 514 g/mol. The van der Waals surface area contributed by atoms with E-state index in [1.807, 2.05) is 103 Å². The molecule has 0 aliphatic heterocycles. The van der Waals surface area contributed by atoms with Crippen molar-refractivity contribution in [3.8, 4) is 38.0 Å². The molecule has 0 atom stereocenters. The zero-order valence-corrected chi connectivity index (χ0v) is 21.2. The number of aromatic nitrogens is 3. The summed E-state index contributed by atoms with van der Waals surface area (Å²) in [6.45, 7) is 0. The molecule has 6 heteroatoms. The lowest BCUT2D eigenvalue weighted by atomic mass is 9.99. The second-order valence-corrected chi connectivity index (χ2v) is 10.7. The molecule has 7 aromatic rings. The molecule has 0 unspecified atom stereocenters. The van der Waals surface area contributed by atoms with E-state index >= 15 is 0 Å². The standard InChI is InChI=1S/C31H19N3OS2/c35-31-24(22-12-4-5-13-23(22)30-33-26-15-7-9-17-28(26)37-30)18-20(19-34(31)21-10-2-1-3-11-21)29-32-25-14-6-8-16-27(25)36-29/h1-19H. The number of nitrogens with zero attached hydrogens (tertiary/aromatic N) is 3. The van der Waals surface area contributed by atoms with Gasteiger partial charge in [-0.2, -0.15) is 0 Å². The second kappa shape index (κ2) is 8.92. The third-order valence-corrected chi connectivity index (χ3v) is 8.49. The Bertz CT molecular complexity index is 1900. The topological polar surface area (TPSA) is 47.8 Å². The molecule has 3 heterocycles. The molecular formula is C31H19N3OS2. The van der Waals surface area contributed by atoms with E-state index < -0.39 is 0 Å². The minimum absolute atomic E-state index is 0.0791. The van der Waals surface area contributed by atoms with Gasteiger partial charge in [-0.15, -0.1) is 22.7 Å². The van der Waals surface area contributed by atoms with Gasteiger partial charge < -0.3 is 0 Å². The van der Waals surface area contributed by atoms with Crippen molar-refractivity contribution in [1.82, 2.24) is 14.5 Å². The summed E-state index contributed by atoms with van der Waals surface area (Å²) in [5, 5.41) is 1.78. The molecule has 0 N–H and O–H groups in total. The Kier molecular flexibility index (Phi) is 5.27. The van der Waals surface area contributed by atoms with Crippen LogP contribution in [0.3, 0.4) is 0 Å². The molecule has 4 nitrogen and oxygen atoms in total. The van der Waals surface area contributed by atoms with E-state index in [1.54, 1.807) is 27.2 Å². The summed E-state index contributed by atoms with van der Waals surface area (Å²) in [6, 6.07) is 36.0. The van der Waals surface area contributed by atoms with Crippen LogP contribution in [-0.2, 0) is 0 Å². The highest BCUT2D eigenvalue weighted by Gasteiger charge is 2.18. The molecule has 7 rings (SSSR count). The van der Waals surface area contributed by atoms with E-state index in [-0.39, 0.29) is 5.56 Å². The first-order valence-corrected chi connectivity index (χ1v) is 13.5. The van der Waals surface area contributed by atoms with Crippen LogP contribution < -0.4 is 5.56 Å². The van der Waals surface area contributed by atoms with Crippen molar-refractivity contribution in [3.05, 3.63) is 126 Å². The first-order chi connectivity index (χ1) is 18.2. The fourth-order valence-corrected chi connectivity index (χ4v) is 6.51. The smallest absolute Gasteiger partial charge is 0.263 e. The third-order valence-electron chi connectivity index (χ3n) is 6.33. The molecule has 0 aliphatic rings. The largest absolute Gasteiger partial charge is 0.283 e. The number of benzene rings is 4. The second-order valence-electron chi connectivity index (χ2n) is 8.67. The van der Waals surface area contributed by atoms with Gasteiger partial charge in [-0.1, -0.05) is 66.7 Å². The fourth-order valence-electron chi connectivity index (χ4n) is 4.56. The van der Waals surface area contributed by atoms with Gasteiger partial charge in [0, 0.05) is 28.6 Å². The van der Waals surface area contributed by atoms with Gasteiger partial charge in [0.25, 0.3) is 5.56 Å². The summed E-state index contributed by atoms with van der Waals surface area (Å²) in [5.74, 6) is 0. The minimum atomic E-state index is -0.0791. The van der Waals surface area contributed by atoms with Crippen LogP contribution in [0.25, 0.3) is 58.4 Å². The maximum Gasteiger partial charge on any atom is 0.263 e. The van der Waals surface area contributed by atoms with Crippen LogP contribution >= 0.6 is 22.7 Å². The lowest BCUT2D eigenvalue weighted by molar-refractivity contribution is 0.995. The molecular weight excluding hydrogens is 494 g/mol. The van der Waals surface area contributed by atoms with Crippen LogP contribution in [-0.4, -0.2) is 14.5 Å². The Balaban J connectivity index is 1.49. The van der Waals surface area contributed by atoms with Gasteiger partial charge in [-0.05, 0) is 48.0 Å². The van der Waals surface area contributed by atoms with Crippen molar-refractivity contribution in [3.63, 3.8) is 0 Å². The van der Waals surface area contributed by atoms with Gasteiger partial charge in [0.05, 0.1) is 20.4 Å². The van der Waals surface area contributed by atoms with Crippen LogP contribution in [0.5, 0.6) is 0 Å². The first kappa shape index (κ1) is 21.9. The van der Waals surface area contributed by atoms with E-state index in [0.29, 0.717) is 5.56 Å². The number of hydrogen-bond donors (Lipinski definition) is 0. The van der Waals surface area contributed by atoms with Crippen LogP contribution in [0.2, 0.25) is 0 Å². The number of rotatable bonds is 4. The highest BCUT2D eigenvalue weighted by atomic mass is 32.1. The predicted molar refractivity (Wildman–Crippen MR) is 155 cm³/mol. The van der Waals surface area contributed by atoms with Gasteiger partial charge in [-0.25, -0.2) is 9.97 Å². The summed E-state index contributed by atoms with van der Waals surface area (Å²) in [4.78, 5) is 23.8. The monoisotopic (exact) mass is 513 g/mol. The zero-order valence-electron chi connectivity index (χ0n) is 19.5. The van der Waals surface area contributed by atoms with Crippen molar-refractivity contribution in [1.29, 1.82) is 0 Å². The summed E-state index contributed by atoms with van der Waals surface area (Å²) in [5.41, 5.74) is 5.98. The van der Waals surface area contributed by atoms with Gasteiger partial charge in [-0.3, -0.25) is 9.36 Å². The van der Waals surface area contributed by atoms with Crippen molar-refractivity contribution >= 4 is 43.1 Å². The van der Waals surface area contributed by atoms with E-state index in [0.717, 1.165) is 52.8 Å². The average Bonchev–Trinajstić information content (AvgIpc) is 3.58.